The van der Waals surface area contributed by atoms with Crippen molar-refractivity contribution in [1.82, 2.24) is 10.3 Å². The topological polar surface area (TPSA) is 27.8 Å². The van der Waals surface area contributed by atoms with Crippen LogP contribution in [-0.4, -0.2) is 17.6 Å². The first-order chi connectivity index (χ1) is 8.25. The van der Waals surface area contributed by atoms with Gasteiger partial charge in [-0.2, -0.15) is 0 Å². The van der Waals surface area contributed by atoms with Crippen LogP contribution in [0.4, 0.5) is 0 Å². The first-order valence-electron chi connectivity index (χ1n) is 6.25. The normalized spacial score (nSPS) is 22.1. The summed E-state index contributed by atoms with van der Waals surface area (Å²) in [6.07, 6.45) is 4.69. The predicted octanol–water partition coefficient (Wildman–Crippen LogP) is 3.68. The summed E-state index contributed by atoms with van der Waals surface area (Å²) < 4.78 is 0. The Bertz CT molecular complexity index is 526. The van der Waals surface area contributed by atoms with Gasteiger partial charge in [-0.1, -0.05) is 18.5 Å². The molecule has 0 aliphatic carbocycles. The molecule has 0 bridgehead atoms. The molecule has 2 unspecified atom stereocenters. The Morgan fingerprint density at radius 2 is 2.29 bits per heavy atom. The van der Waals surface area contributed by atoms with Crippen LogP contribution in [0.5, 0.6) is 0 Å². The van der Waals surface area contributed by atoms with Crippen molar-refractivity contribution >= 4 is 22.5 Å². The van der Waals surface area contributed by atoms with Gasteiger partial charge in [-0.3, -0.25) is 0 Å². The molecule has 2 heterocycles. The molecule has 1 saturated heterocycles. The number of rotatable bonds is 2. The first kappa shape index (κ1) is 11.1. The Hall–Kier alpha value is -0.990. The van der Waals surface area contributed by atoms with Crippen LogP contribution in [0.15, 0.2) is 24.4 Å². The summed E-state index contributed by atoms with van der Waals surface area (Å²) in [7, 11) is 0. The van der Waals surface area contributed by atoms with Crippen molar-refractivity contribution in [3.63, 3.8) is 0 Å². The molecule has 2 atom stereocenters. The van der Waals surface area contributed by atoms with Gasteiger partial charge in [0.2, 0.25) is 0 Å². The molecular formula is C14H17ClN2. The van der Waals surface area contributed by atoms with Gasteiger partial charge in [0.15, 0.2) is 0 Å². The largest absolute Gasteiger partial charge is 0.361 e. The lowest BCUT2D eigenvalue weighted by atomic mass is 9.92. The minimum absolute atomic E-state index is 0.532. The summed E-state index contributed by atoms with van der Waals surface area (Å²) in [6.45, 7) is 3.45. The van der Waals surface area contributed by atoms with E-state index in [0.29, 0.717) is 12.0 Å². The fraction of sp³-hybridized carbons (Fsp3) is 0.429. The molecule has 2 aromatic rings. The van der Waals surface area contributed by atoms with Gasteiger partial charge in [0.25, 0.3) is 0 Å². The van der Waals surface area contributed by atoms with Gasteiger partial charge < -0.3 is 10.3 Å². The van der Waals surface area contributed by atoms with E-state index in [0.717, 1.165) is 11.6 Å². The molecule has 1 aromatic carbocycles. The van der Waals surface area contributed by atoms with E-state index >= 15 is 0 Å². The van der Waals surface area contributed by atoms with E-state index in [1.54, 1.807) is 0 Å². The summed E-state index contributed by atoms with van der Waals surface area (Å²) in [6, 6.07) is 6.65. The molecule has 0 amide bonds. The van der Waals surface area contributed by atoms with Crippen LogP contribution < -0.4 is 5.32 Å². The van der Waals surface area contributed by atoms with E-state index in [2.05, 4.69) is 35.6 Å². The van der Waals surface area contributed by atoms with Crippen LogP contribution in [0.2, 0.25) is 5.02 Å². The number of hydrogen-bond donors (Lipinski definition) is 2. The number of nitrogens with one attached hydrogen (secondary N) is 2. The van der Waals surface area contributed by atoms with Crippen molar-refractivity contribution in [2.45, 2.75) is 31.7 Å². The van der Waals surface area contributed by atoms with Gasteiger partial charge >= 0.3 is 0 Å². The molecule has 3 heteroatoms. The second kappa shape index (κ2) is 4.35. The third-order valence-electron chi connectivity index (χ3n) is 3.87. The minimum Gasteiger partial charge on any atom is -0.361 e. The van der Waals surface area contributed by atoms with Gasteiger partial charge in [0.05, 0.1) is 0 Å². The minimum atomic E-state index is 0.532. The van der Waals surface area contributed by atoms with Gasteiger partial charge in [-0.05, 0) is 49.1 Å². The van der Waals surface area contributed by atoms with Gasteiger partial charge in [-0.15, -0.1) is 0 Å². The zero-order chi connectivity index (χ0) is 11.8. The van der Waals surface area contributed by atoms with Crippen molar-refractivity contribution in [1.29, 1.82) is 0 Å². The smallest absolute Gasteiger partial charge is 0.0457 e. The molecule has 0 saturated carbocycles. The van der Waals surface area contributed by atoms with E-state index in [9.17, 15) is 0 Å². The predicted molar refractivity (Wildman–Crippen MR) is 72.7 cm³/mol. The third kappa shape index (κ3) is 1.96. The van der Waals surface area contributed by atoms with Crippen LogP contribution in [0.25, 0.3) is 10.9 Å². The number of benzene rings is 1. The molecule has 0 spiro atoms. The number of H-pyrrole nitrogens is 1. The molecule has 2 N–H and O–H groups in total. The van der Waals surface area contributed by atoms with Crippen LogP contribution in [0.3, 0.4) is 0 Å². The molecule has 1 aromatic heterocycles. The third-order valence-corrected chi connectivity index (χ3v) is 4.10. The van der Waals surface area contributed by atoms with Gasteiger partial charge in [0, 0.05) is 28.2 Å². The van der Waals surface area contributed by atoms with E-state index in [-0.39, 0.29) is 0 Å². The number of fused-ring (bicyclic) bond motifs is 1. The maximum atomic E-state index is 6.08. The van der Waals surface area contributed by atoms with Crippen LogP contribution >= 0.6 is 11.6 Å². The molecular weight excluding hydrogens is 232 g/mol. The molecule has 1 aliphatic heterocycles. The lowest BCUT2D eigenvalue weighted by Gasteiger charge is -2.19. The number of aromatic nitrogens is 1. The lowest BCUT2D eigenvalue weighted by molar-refractivity contribution is 0.520. The van der Waals surface area contributed by atoms with Crippen LogP contribution in [0.1, 0.15) is 31.2 Å². The zero-order valence-electron chi connectivity index (χ0n) is 9.96. The molecule has 1 fully saturated rings. The summed E-state index contributed by atoms with van der Waals surface area (Å²) >= 11 is 6.08. The standard InChI is InChI=1S/C14H17ClN2/c1-9(13-3-2-6-16-13)12-8-17-14-5-4-10(15)7-11(12)14/h4-5,7-9,13,16-17H,2-3,6H2,1H3. The van der Waals surface area contributed by atoms with Crippen molar-refractivity contribution in [2.24, 2.45) is 0 Å². The molecule has 90 valence electrons. The van der Waals surface area contributed by atoms with Crippen LogP contribution in [0, 0.1) is 0 Å². The highest BCUT2D eigenvalue weighted by atomic mass is 35.5. The SMILES string of the molecule is CC(c1c[nH]c2ccc(Cl)cc12)C1CCCN1. The second-order valence-electron chi connectivity index (χ2n) is 4.93. The average Bonchev–Trinajstić information content (AvgIpc) is 2.97. The molecule has 3 rings (SSSR count). The monoisotopic (exact) mass is 248 g/mol. The van der Waals surface area contributed by atoms with E-state index in [1.165, 1.54) is 29.3 Å². The summed E-state index contributed by atoms with van der Waals surface area (Å²) in [5.74, 6) is 0.532. The number of aromatic amines is 1. The number of halogens is 1. The molecule has 2 nitrogen and oxygen atoms in total. The fourth-order valence-electron chi connectivity index (χ4n) is 2.85. The average molecular weight is 249 g/mol. The zero-order valence-corrected chi connectivity index (χ0v) is 10.7. The van der Waals surface area contributed by atoms with Gasteiger partial charge in [-0.25, -0.2) is 0 Å². The Kier molecular flexibility index (Phi) is 2.85. The summed E-state index contributed by atoms with van der Waals surface area (Å²) in [5.41, 5.74) is 2.55. The highest BCUT2D eigenvalue weighted by Crippen LogP contribution is 2.31. The highest BCUT2D eigenvalue weighted by molar-refractivity contribution is 6.31. The highest BCUT2D eigenvalue weighted by Gasteiger charge is 2.24. The van der Waals surface area contributed by atoms with Crippen molar-refractivity contribution in [3.05, 3.63) is 35.0 Å². The summed E-state index contributed by atoms with van der Waals surface area (Å²) in [4.78, 5) is 3.33. The quantitative estimate of drug-likeness (QED) is 0.834. The number of hydrogen-bond acceptors (Lipinski definition) is 1. The Labute approximate surface area is 106 Å². The van der Waals surface area contributed by atoms with E-state index in [1.807, 2.05) is 6.07 Å². The Morgan fingerprint density at radius 3 is 3.06 bits per heavy atom. The van der Waals surface area contributed by atoms with E-state index in [4.69, 9.17) is 11.6 Å². The van der Waals surface area contributed by atoms with Gasteiger partial charge in [0.1, 0.15) is 0 Å². The fourth-order valence-corrected chi connectivity index (χ4v) is 3.02. The molecule has 17 heavy (non-hydrogen) atoms. The Morgan fingerprint density at radius 1 is 1.41 bits per heavy atom. The second-order valence-corrected chi connectivity index (χ2v) is 5.36. The van der Waals surface area contributed by atoms with Crippen molar-refractivity contribution < 1.29 is 0 Å². The van der Waals surface area contributed by atoms with Crippen LogP contribution in [-0.2, 0) is 0 Å². The maximum absolute atomic E-state index is 6.08. The first-order valence-corrected chi connectivity index (χ1v) is 6.63. The maximum Gasteiger partial charge on any atom is 0.0457 e. The van der Waals surface area contributed by atoms with E-state index < -0.39 is 0 Å². The lowest BCUT2D eigenvalue weighted by Crippen LogP contribution is -2.27. The molecule has 1 aliphatic rings. The Balaban J connectivity index is 2.01. The van der Waals surface area contributed by atoms with Crippen molar-refractivity contribution in [3.8, 4) is 0 Å². The molecule has 0 radical (unpaired) electrons. The van der Waals surface area contributed by atoms with Crippen molar-refractivity contribution in [2.75, 3.05) is 6.54 Å². The summed E-state index contributed by atoms with van der Waals surface area (Å²) in [5, 5.41) is 5.65.